The maximum atomic E-state index is 12.5. The number of nitrogens with zero attached hydrogens (tertiary/aromatic N) is 2. The molecule has 1 aliphatic rings. The summed E-state index contributed by atoms with van der Waals surface area (Å²) in [4.78, 5) is 40.6. The zero-order valence-corrected chi connectivity index (χ0v) is 14.8. The summed E-state index contributed by atoms with van der Waals surface area (Å²) in [5.41, 5.74) is -0.359. The number of carbonyl (C=O) groups is 3. The van der Waals surface area contributed by atoms with Gasteiger partial charge in [0.15, 0.2) is 11.2 Å². The summed E-state index contributed by atoms with van der Waals surface area (Å²) < 4.78 is 10.4. The third kappa shape index (κ3) is 5.45. The van der Waals surface area contributed by atoms with Gasteiger partial charge in [-0.2, -0.15) is 0 Å². The van der Waals surface area contributed by atoms with Crippen LogP contribution in [0.4, 0.5) is 9.93 Å². The second kappa shape index (κ2) is 7.51. The topological polar surface area (TPSA) is 118 Å². The van der Waals surface area contributed by atoms with Gasteiger partial charge in [0.05, 0.1) is 18.4 Å². The Morgan fingerprint density at radius 1 is 1.48 bits per heavy atom. The molecule has 0 radical (unpaired) electrons. The SMILES string of the molecule is CC(C)(C)OC(=O)N1C=COCC1C(=O)Nc1nc(CC(=O)O)cs1. The van der Waals surface area contributed by atoms with Crippen LogP contribution in [0.15, 0.2) is 17.8 Å². The molecule has 10 heteroatoms. The zero-order chi connectivity index (χ0) is 18.6. The van der Waals surface area contributed by atoms with Crippen molar-refractivity contribution in [3.8, 4) is 0 Å². The van der Waals surface area contributed by atoms with Gasteiger partial charge in [-0.05, 0) is 20.8 Å². The minimum Gasteiger partial charge on any atom is -0.497 e. The summed E-state index contributed by atoms with van der Waals surface area (Å²) in [5.74, 6) is -1.52. The van der Waals surface area contributed by atoms with Crippen LogP contribution in [0.2, 0.25) is 0 Å². The van der Waals surface area contributed by atoms with E-state index < -0.39 is 29.6 Å². The Morgan fingerprint density at radius 3 is 2.84 bits per heavy atom. The molecular formula is C15H19N3O6S. The lowest BCUT2D eigenvalue weighted by Crippen LogP contribution is -2.50. The summed E-state index contributed by atoms with van der Waals surface area (Å²) in [5, 5.41) is 13.1. The third-order valence-electron chi connectivity index (χ3n) is 2.93. The monoisotopic (exact) mass is 369 g/mol. The van der Waals surface area contributed by atoms with Gasteiger partial charge < -0.3 is 19.9 Å². The van der Waals surface area contributed by atoms with Crippen LogP contribution in [0.25, 0.3) is 0 Å². The number of rotatable bonds is 4. The van der Waals surface area contributed by atoms with Crippen LogP contribution >= 0.6 is 11.3 Å². The number of carboxylic acids is 1. The van der Waals surface area contributed by atoms with Crippen molar-refractivity contribution < 1.29 is 29.0 Å². The van der Waals surface area contributed by atoms with Crippen LogP contribution < -0.4 is 5.32 Å². The molecular weight excluding hydrogens is 350 g/mol. The number of aliphatic carboxylic acids is 1. The van der Waals surface area contributed by atoms with Crippen molar-refractivity contribution in [1.29, 1.82) is 0 Å². The number of ether oxygens (including phenoxy) is 2. The van der Waals surface area contributed by atoms with Crippen molar-refractivity contribution in [3.05, 3.63) is 23.5 Å². The maximum Gasteiger partial charge on any atom is 0.415 e. The van der Waals surface area contributed by atoms with Crippen LogP contribution in [0.1, 0.15) is 26.5 Å². The molecule has 2 amide bonds. The lowest BCUT2D eigenvalue weighted by molar-refractivity contribution is -0.136. The van der Waals surface area contributed by atoms with Crippen molar-refractivity contribution >= 4 is 34.4 Å². The predicted molar refractivity (Wildman–Crippen MR) is 89.0 cm³/mol. The van der Waals surface area contributed by atoms with E-state index in [0.29, 0.717) is 5.69 Å². The number of nitrogens with one attached hydrogen (secondary N) is 1. The fourth-order valence-corrected chi connectivity index (χ4v) is 2.65. The van der Waals surface area contributed by atoms with Crippen LogP contribution in [0.5, 0.6) is 0 Å². The molecule has 136 valence electrons. The average Bonchev–Trinajstić information content (AvgIpc) is 2.91. The first-order chi connectivity index (χ1) is 11.7. The van der Waals surface area contributed by atoms with Gasteiger partial charge in [0.2, 0.25) is 0 Å². The fraction of sp³-hybridized carbons (Fsp3) is 0.467. The molecule has 0 saturated carbocycles. The highest BCUT2D eigenvalue weighted by atomic mass is 32.1. The number of hydrogen-bond donors (Lipinski definition) is 2. The highest BCUT2D eigenvalue weighted by molar-refractivity contribution is 7.13. The molecule has 0 saturated heterocycles. The molecule has 2 heterocycles. The second-order valence-electron chi connectivity index (χ2n) is 6.23. The van der Waals surface area contributed by atoms with E-state index in [1.807, 2.05) is 0 Å². The Kier molecular flexibility index (Phi) is 5.62. The third-order valence-corrected chi connectivity index (χ3v) is 3.74. The van der Waals surface area contributed by atoms with Crippen molar-refractivity contribution in [2.75, 3.05) is 11.9 Å². The molecule has 1 aliphatic heterocycles. The number of thiazole rings is 1. The zero-order valence-electron chi connectivity index (χ0n) is 14.0. The standard InChI is InChI=1S/C15H19N3O6S/c1-15(2,3)24-14(22)18-4-5-23-7-10(18)12(21)17-13-16-9(8-25-13)6-11(19)20/h4-5,8,10H,6-7H2,1-3H3,(H,19,20)(H,16,17,21). The Labute approximate surface area is 148 Å². The minimum absolute atomic E-state index is 0.0328. The van der Waals surface area contributed by atoms with Crippen molar-refractivity contribution in [1.82, 2.24) is 9.88 Å². The summed E-state index contributed by atoms with van der Waals surface area (Å²) >= 11 is 1.10. The average molecular weight is 369 g/mol. The summed E-state index contributed by atoms with van der Waals surface area (Å²) in [6, 6.07) is -0.924. The summed E-state index contributed by atoms with van der Waals surface area (Å²) in [6.45, 7) is 5.14. The van der Waals surface area contributed by atoms with Gasteiger partial charge in [-0.15, -0.1) is 11.3 Å². The van der Waals surface area contributed by atoms with Gasteiger partial charge in [0.1, 0.15) is 12.2 Å². The van der Waals surface area contributed by atoms with Gasteiger partial charge in [0, 0.05) is 11.6 Å². The van der Waals surface area contributed by atoms with E-state index in [-0.39, 0.29) is 18.2 Å². The highest BCUT2D eigenvalue weighted by Crippen LogP contribution is 2.19. The summed E-state index contributed by atoms with van der Waals surface area (Å²) in [6.07, 6.45) is 1.74. The van der Waals surface area contributed by atoms with Crippen molar-refractivity contribution in [2.45, 2.75) is 38.8 Å². The maximum absolute atomic E-state index is 12.5. The Bertz CT molecular complexity index is 694. The molecule has 1 unspecified atom stereocenters. The van der Waals surface area contributed by atoms with Gasteiger partial charge >= 0.3 is 12.1 Å². The molecule has 1 aromatic heterocycles. The molecule has 9 nitrogen and oxygen atoms in total. The van der Waals surface area contributed by atoms with E-state index in [4.69, 9.17) is 14.6 Å². The quantitative estimate of drug-likeness (QED) is 0.831. The highest BCUT2D eigenvalue weighted by Gasteiger charge is 2.34. The lowest BCUT2D eigenvalue weighted by atomic mass is 10.2. The first-order valence-corrected chi connectivity index (χ1v) is 8.30. The Morgan fingerprint density at radius 2 is 2.20 bits per heavy atom. The first kappa shape index (κ1) is 18.7. The van der Waals surface area contributed by atoms with Crippen molar-refractivity contribution in [2.24, 2.45) is 0 Å². The molecule has 1 aromatic rings. The molecule has 25 heavy (non-hydrogen) atoms. The van der Waals surface area contributed by atoms with Crippen LogP contribution in [0.3, 0.4) is 0 Å². The van der Waals surface area contributed by atoms with E-state index in [1.165, 1.54) is 12.5 Å². The van der Waals surface area contributed by atoms with E-state index in [2.05, 4.69) is 10.3 Å². The van der Waals surface area contributed by atoms with E-state index in [1.54, 1.807) is 26.2 Å². The van der Waals surface area contributed by atoms with Crippen molar-refractivity contribution in [3.63, 3.8) is 0 Å². The molecule has 0 fully saturated rings. The molecule has 2 N–H and O–H groups in total. The van der Waals surface area contributed by atoms with E-state index in [0.717, 1.165) is 16.2 Å². The fourth-order valence-electron chi connectivity index (χ4n) is 1.93. The van der Waals surface area contributed by atoms with E-state index in [9.17, 15) is 14.4 Å². The van der Waals surface area contributed by atoms with Gasteiger partial charge in [-0.25, -0.2) is 9.78 Å². The number of hydrogen-bond acceptors (Lipinski definition) is 7. The number of amides is 2. The molecule has 2 rings (SSSR count). The lowest BCUT2D eigenvalue weighted by Gasteiger charge is -2.31. The Hall–Kier alpha value is -2.62. The molecule has 0 aromatic carbocycles. The number of aromatic nitrogens is 1. The summed E-state index contributed by atoms with van der Waals surface area (Å²) in [7, 11) is 0. The largest absolute Gasteiger partial charge is 0.497 e. The van der Waals surface area contributed by atoms with Crippen LogP contribution in [-0.4, -0.2) is 51.2 Å². The Balaban J connectivity index is 2.05. The first-order valence-electron chi connectivity index (χ1n) is 7.42. The number of carbonyl (C=O) groups excluding carboxylic acids is 2. The molecule has 0 spiro atoms. The van der Waals surface area contributed by atoms with Gasteiger partial charge in [-0.3, -0.25) is 14.5 Å². The minimum atomic E-state index is -1.01. The van der Waals surface area contributed by atoms with E-state index >= 15 is 0 Å². The normalized spacial score (nSPS) is 16.9. The predicted octanol–water partition coefficient (Wildman–Crippen LogP) is 1.82. The second-order valence-corrected chi connectivity index (χ2v) is 7.08. The number of carboxylic acid groups (broad SMARTS) is 1. The van der Waals surface area contributed by atoms with Gasteiger partial charge in [-0.1, -0.05) is 0 Å². The molecule has 0 aliphatic carbocycles. The number of anilines is 1. The van der Waals surface area contributed by atoms with Gasteiger partial charge in [0.25, 0.3) is 5.91 Å². The van der Waals surface area contributed by atoms with Crippen LogP contribution in [-0.2, 0) is 25.5 Å². The smallest absolute Gasteiger partial charge is 0.415 e. The molecule has 0 bridgehead atoms. The molecule has 1 atom stereocenters. The van der Waals surface area contributed by atoms with Crippen LogP contribution in [0, 0.1) is 0 Å².